The summed E-state index contributed by atoms with van der Waals surface area (Å²) in [5, 5.41) is 6.57. The Labute approximate surface area is 253 Å². The first-order valence-electron chi connectivity index (χ1n) is 16.8. The van der Waals surface area contributed by atoms with Gasteiger partial charge in [-0.05, 0) is 149 Å². The lowest BCUT2D eigenvalue weighted by Gasteiger charge is -2.55. The molecule has 6 heteroatoms. The van der Waals surface area contributed by atoms with Gasteiger partial charge in [-0.15, -0.1) is 0 Å². The van der Waals surface area contributed by atoms with Crippen LogP contribution >= 0.6 is 0 Å². The van der Waals surface area contributed by atoms with E-state index in [0.717, 1.165) is 108 Å². The molecule has 3 aromatic rings. The third kappa shape index (κ3) is 4.46. The molecule has 8 aliphatic carbocycles. The molecule has 1 aromatic heterocycles. The van der Waals surface area contributed by atoms with Crippen molar-refractivity contribution in [3.8, 4) is 22.6 Å². The number of carbonyl (C=O) groups is 2. The molecule has 3 N–H and O–H groups in total. The van der Waals surface area contributed by atoms with E-state index in [1.54, 1.807) is 0 Å². The highest BCUT2D eigenvalue weighted by molar-refractivity contribution is 5.97. The van der Waals surface area contributed by atoms with Gasteiger partial charge in [0.1, 0.15) is 5.82 Å². The van der Waals surface area contributed by atoms with Crippen LogP contribution < -0.4 is 10.6 Å². The van der Waals surface area contributed by atoms with E-state index in [2.05, 4.69) is 32.7 Å². The normalized spacial score (nSPS) is 36.6. The number of H-pyrrole nitrogens is 1. The van der Waals surface area contributed by atoms with E-state index in [4.69, 9.17) is 0 Å². The van der Waals surface area contributed by atoms with Crippen molar-refractivity contribution in [1.29, 1.82) is 0 Å². The molecule has 43 heavy (non-hydrogen) atoms. The molecule has 0 aliphatic heterocycles. The number of aromatic amines is 1. The van der Waals surface area contributed by atoms with E-state index in [9.17, 15) is 9.59 Å². The Hall–Kier alpha value is -3.41. The number of rotatable bonds is 6. The van der Waals surface area contributed by atoms with Gasteiger partial charge in [0.25, 0.3) is 0 Å². The smallest absolute Gasteiger partial charge is 0.230 e. The third-order valence-corrected chi connectivity index (χ3v) is 12.5. The van der Waals surface area contributed by atoms with Gasteiger partial charge in [-0.25, -0.2) is 4.98 Å². The Balaban J connectivity index is 0.874. The van der Waals surface area contributed by atoms with Gasteiger partial charge in [-0.2, -0.15) is 0 Å². The largest absolute Gasteiger partial charge is 0.338 e. The first kappa shape index (κ1) is 26.0. The summed E-state index contributed by atoms with van der Waals surface area (Å²) in [7, 11) is 0. The van der Waals surface area contributed by atoms with Gasteiger partial charge in [0.2, 0.25) is 11.8 Å². The van der Waals surface area contributed by atoms with Gasteiger partial charge in [-0.3, -0.25) is 9.59 Å². The summed E-state index contributed by atoms with van der Waals surface area (Å²) in [5.41, 5.74) is 4.30. The summed E-state index contributed by atoms with van der Waals surface area (Å²) in [6.45, 7) is 0. The second-order valence-corrected chi connectivity index (χ2v) is 15.6. The summed E-state index contributed by atoms with van der Waals surface area (Å²) < 4.78 is 0. The number of carbonyl (C=O) groups excluding carboxylic acids is 2. The van der Waals surface area contributed by atoms with Gasteiger partial charge in [0.15, 0.2) is 0 Å². The highest BCUT2D eigenvalue weighted by Gasteiger charge is 2.55. The van der Waals surface area contributed by atoms with Gasteiger partial charge >= 0.3 is 0 Å². The lowest BCUT2D eigenvalue weighted by atomic mass is 9.49. The molecule has 2 aromatic carbocycles. The van der Waals surface area contributed by atoms with E-state index in [1.807, 2.05) is 42.6 Å². The molecular weight excluding hydrogens is 532 g/mol. The quantitative estimate of drug-likeness (QED) is 0.278. The van der Waals surface area contributed by atoms with Crippen LogP contribution in [0.1, 0.15) is 77.0 Å². The lowest BCUT2D eigenvalue weighted by Crippen LogP contribution is -2.51. The maximum absolute atomic E-state index is 13.6. The van der Waals surface area contributed by atoms with Gasteiger partial charge in [-0.1, -0.05) is 12.1 Å². The SMILES string of the molecule is O=C(Nc1ccc(-c2ncc(-c3cccc(NC(=O)C45CC6CC(CC(C6)C4)C5)c3)[nH]2)cc1)C12CC3CC(CC(C3)C1)C2. The topological polar surface area (TPSA) is 86.9 Å². The van der Waals surface area contributed by atoms with Crippen molar-refractivity contribution in [2.75, 3.05) is 10.6 Å². The average Bonchev–Trinajstić information content (AvgIpc) is 3.47. The maximum atomic E-state index is 13.6. The van der Waals surface area contributed by atoms with Crippen molar-refractivity contribution in [1.82, 2.24) is 9.97 Å². The summed E-state index contributed by atoms with van der Waals surface area (Å²) in [6.07, 6.45) is 16.3. The van der Waals surface area contributed by atoms with Gasteiger partial charge in [0.05, 0.1) is 22.7 Å². The zero-order valence-electron chi connectivity index (χ0n) is 24.9. The van der Waals surface area contributed by atoms with Crippen molar-refractivity contribution in [3.63, 3.8) is 0 Å². The minimum Gasteiger partial charge on any atom is -0.338 e. The molecular formula is C37H42N4O2. The van der Waals surface area contributed by atoms with Crippen molar-refractivity contribution in [2.24, 2.45) is 46.3 Å². The molecule has 222 valence electrons. The highest BCUT2D eigenvalue weighted by Crippen LogP contribution is 2.61. The number of amides is 2. The summed E-state index contributed by atoms with van der Waals surface area (Å²) in [5.74, 6) is 5.76. The minimum atomic E-state index is -0.160. The molecule has 0 unspecified atom stereocenters. The molecule has 1 heterocycles. The number of aromatic nitrogens is 2. The Kier molecular flexibility index (Phi) is 5.78. The van der Waals surface area contributed by atoms with E-state index < -0.39 is 0 Å². The van der Waals surface area contributed by atoms with Crippen LogP contribution in [0.25, 0.3) is 22.6 Å². The molecule has 8 aliphatic rings. The van der Waals surface area contributed by atoms with Crippen LogP contribution in [-0.2, 0) is 9.59 Å². The van der Waals surface area contributed by atoms with E-state index in [-0.39, 0.29) is 22.6 Å². The highest BCUT2D eigenvalue weighted by atomic mass is 16.2. The number of benzene rings is 2. The molecule has 8 fully saturated rings. The fourth-order valence-corrected chi connectivity index (χ4v) is 11.4. The molecule has 0 spiro atoms. The number of hydrogen-bond acceptors (Lipinski definition) is 3. The predicted molar refractivity (Wildman–Crippen MR) is 168 cm³/mol. The lowest BCUT2D eigenvalue weighted by molar-refractivity contribution is -0.141. The van der Waals surface area contributed by atoms with Crippen LogP contribution in [0.2, 0.25) is 0 Å². The minimum absolute atomic E-state index is 0.146. The van der Waals surface area contributed by atoms with E-state index in [1.165, 1.54) is 38.5 Å². The van der Waals surface area contributed by atoms with Crippen LogP contribution in [0.5, 0.6) is 0 Å². The van der Waals surface area contributed by atoms with Crippen LogP contribution in [0.4, 0.5) is 11.4 Å². The number of anilines is 2. The molecule has 6 nitrogen and oxygen atoms in total. The fraction of sp³-hybridized carbons (Fsp3) is 0.541. The molecule has 11 rings (SSSR count). The first-order valence-corrected chi connectivity index (χ1v) is 16.8. The van der Waals surface area contributed by atoms with E-state index >= 15 is 0 Å². The molecule has 2 amide bonds. The molecule has 0 radical (unpaired) electrons. The van der Waals surface area contributed by atoms with Gasteiger partial charge in [0, 0.05) is 22.5 Å². The second-order valence-electron chi connectivity index (χ2n) is 15.6. The molecule has 8 bridgehead atoms. The third-order valence-electron chi connectivity index (χ3n) is 12.5. The number of nitrogens with zero attached hydrogens (tertiary/aromatic N) is 1. The monoisotopic (exact) mass is 574 g/mol. The zero-order chi connectivity index (χ0) is 28.8. The van der Waals surface area contributed by atoms with Crippen LogP contribution in [0, 0.1) is 46.3 Å². The summed E-state index contributed by atoms with van der Waals surface area (Å²) in [4.78, 5) is 35.2. The Bertz CT molecular complexity index is 1520. The van der Waals surface area contributed by atoms with Crippen molar-refractivity contribution >= 4 is 23.2 Å². The molecule has 8 saturated carbocycles. The van der Waals surface area contributed by atoms with Crippen molar-refractivity contribution in [2.45, 2.75) is 77.0 Å². The van der Waals surface area contributed by atoms with E-state index in [0.29, 0.717) is 0 Å². The Morgan fingerprint density at radius 2 is 1.12 bits per heavy atom. The fourth-order valence-electron chi connectivity index (χ4n) is 11.4. The number of hydrogen-bond donors (Lipinski definition) is 3. The second kappa shape index (κ2) is 9.54. The number of nitrogens with one attached hydrogen (secondary N) is 3. The number of imidazole rings is 1. The molecule has 0 saturated heterocycles. The zero-order valence-corrected chi connectivity index (χ0v) is 24.9. The van der Waals surface area contributed by atoms with Crippen LogP contribution in [0.3, 0.4) is 0 Å². The molecule has 0 atom stereocenters. The summed E-state index contributed by atoms with van der Waals surface area (Å²) in [6, 6.07) is 16.2. The van der Waals surface area contributed by atoms with Crippen molar-refractivity contribution in [3.05, 3.63) is 54.7 Å². The standard InChI is InChI=1S/C37H42N4O2/c42-34(36-15-22-8-23(16-36)10-24(9-22)17-36)39-30-6-4-28(5-7-30)33-38-21-32(41-33)29-2-1-3-31(14-29)40-35(43)37-18-25-11-26(19-37)13-27(12-25)20-37/h1-7,14,21-27H,8-13,15-20H2,(H,38,41)(H,39,42)(H,40,43). The first-order chi connectivity index (χ1) is 20.9. The van der Waals surface area contributed by atoms with Crippen molar-refractivity contribution < 1.29 is 9.59 Å². The van der Waals surface area contributed by atoms with Gasteiger partial charge < -0.3 is 15.6 Å². The summed E-state index contributed by atoms with van der Waals surface area (Å²) >= 11 is 0. The maximum Gasteiger partial charge on any atom is 0.230 e. The average molecular weight is 575 g/mol. The predicted octanol–water partition coefficient (Wildman–Crippen LogP) is 8.05. The van der Waals surface area contributed by atoms with Crippen LogP contribution in [0.15, 0.2) is 54.7 Å². The van der Waals surface area contributed by atoms with Crippen LogP contribution in [-0.4, -0.2) is 21.8 Å². The Morgan fingerprint density at radius 1 is 0.628 bits per heavy atom. The Morgan fingerprint density at radius 3 is 1.63 bits per heavy atom.